The van der Waals surface area contributed by atoms with Crippen LogP contribution >= 0.6 is 0 Å². The molecule has 27 heavy (non-hydrogen) atoms. The van der Waals surface area contributed by atoms with Gasteiger partial charge in [0.2, 0.25) is 0 Å². The van der Waals surface area contributed by atoms with Crippen LogP contribution in [0, 0.1) is 0 Å². The molecule has 0 saturated carbocycles. The molecule has 5 nitrogen and oxygen atoms in total. The van der Waals surface area contributed by atoms with E-state index in [9.17, 15) is 23.1 Å². The molecule has 0 spiro atoms. The molecule has 146 valence electrons. The Balaban J connectivity index is 1.80. The Labute approximate surface area is 154 Å². The van der Waals surface area contributed by atoms with Crippen LogP contribution in [0.15, 0.2) is 54.6 Å². The lowest BCUT2D eigenvalue weighted by molar-refractivity contribution is -0.137. The summed E-state index contributed by atoms with van der Waals surface area (Å²) < 4.78 is 43.6. The molecular weight excluding hydrogens is 361 g/mol. The average Bonchev–Trinajstić information content (AvgIpc) is 2.64. The van der Waals surface area contributed by atoms with E-state index < -0.39 is 29.9 Å². The third kappa shape index (κ3) is 6.35. The van der Waals surface area contributed by atoms with Gasteiger partial charge < -0.3 is 20.9 Å². The van der Waals surface area contributed by atoms with Gasteiger partial charge in [-0.25, -0.2) is 0 Å². The van der Waals surface area contributed by atoms with Crippen LogP contribution in [0.1, 0.15) is 28.9 Å². The predicted molar refractivity (Wildman–Crippen MR) is 93.6 cm³/mol. The van der Waals surface area contributed by atoms with E-state index in [0.29, 0.717) is 5.56 Å². The fourth-order valence-electron chi connectivity index (χ4n) is 2.50. The maximum Gasteiger partial charge on any atom is 0.416 e. The molecule has 0 saturated heterocycles. The first-order chi connectivity index (χ1) is 12.8. The number of aliphatic hydroxyl groups is 1. The summed E-state index contributed by atoms with van der Waals surface area (Å²) >= 11 is 0. The number of amides is 1. The molecule has 2 aromatic carbocycles. The number of carbonyl (C=O) groups is 1. The molecule has 2 atom stereocenters. The number of ether oxygens (including phenoxy) is 1. The Morgan fingerprint density at radius 1 is 1.11 bits per heavy atom. The van der Waals surface area contributed by atoms with E-state index in [1.807, 2.05) is 0 Å². The molecule has 0 aliphatic carbocycles. The summed E-state index contributed by atoms with van der Waals surface area (Å²) in [7, 11) is 0. The van der Waals surface area contributed by atoms with Crippen LogP contribution in [0.4, 0.5) is 13.2 Å². The lowest BCUT2D eigenvalue weighted by atomic mass is 10.1. The minimum Gasteiger partial charge on any atom is -0.387 e. The summed E-state index contributed by atoms with van der Waals surface area (Å²) in [5.41, 5.74) is 5.33. The van der Waals surface area contributed by atoms with Crippen LogP contribution in [0.2, 0.25) is 0 Å². The molecule has 8 heteroatoms. The zero-order valence-corrected chi connectivity index (χ0v) is 14.4. The summed E-state index contributed by atoms with van der Waals surface area (Å²) in [6.07, 6.45) is -6.45. The summed E-state index contributed by atoms with van der Waals surface area (Å²) in [5.74, 6) is -0.620. The number of hydrogen-bond acceptors (Lipinski definition) is 4. The maximum atomic E-state index is 12.7. The Kier molecular flexibility index (Phi) is 7.35. The van der Waals surface area contributed by atoms with Crippen LogP contribution in [0.5, 0.6) is 0 Å². The van der Waals surface area contributed by atoms with Crippen molar-refractivity contribution in [3.05, 3.63) is 71.3 Å². The molecular formula is C19H21F3N2O3. The number of carbonyl (C=O) groups excluding carboxylic acids is 1. The summed E-state index contributed by atoms with van der Waals surface area (Å²) in [6.45, 7) is 0.460. The number of alkyl halides is 3. The monoisotopic (exact) mass is 382 g/mol. The van der Waals surface area contributed by atoms with Gasteiger partial charge in [-0.2, -0.15) is 13.2 Å². The van der Waals surface area contributed by atoms with Crippen molar-refractivity contribution in [3.8, 4) is 0 Å². The third-order valence-electron chi connectivity index (χ3n) is 3.86. The predicted octanol–water partition coefficient (Wildman–Crippen LogP) is 2.57. The summed E-state index contributed by atoms with van der Waals surface area (Å²) in [5, 5.41) is 12.9. The van der Waals surface area contributed by atoms with E-state index in [2.05, 4.69) is 5.32 Å². The number of aliphatic hydroxyl groups excluding tert-OH is 1. The number of hydrogen-bond donors (Lipinski definition) is 3. The van der Waals surface area contributed by atoms with Crippen molar-refractivity contribution in [2.24, 2.45) is 5.73 Å². The van der Waals surface area contributed by atoms with Gasteiger partial charge >= 0.3 is 6.18 Å². The Morgan fingerprint density at radius 2 is 1.78 bits per heavy atom. The number of benzene rings is 2. The van der Waals surface area contributed by atoms with Crippen LogP contribution in [-0.2, 0) is 15.7 Å². The van der Waals surface area contributed by atoms with E-state index in [-0.39, 0.29) is 25.3 Å². The maximum absolute atomic E-state index is 12.7. The zero-order valence-electron chi connectivity index (χ0n) is 14.4. The minimum atomic E-state index is -4.46. The molecule has 0 radical (unpaired) electrons. The standard InChI is InChI=1S/C19H21F3N2O3/c20-19(21,22)15-8-4-7-14(11-15)16(25)12-24-9-10-27-17(18(23)26)13-5-2-1-3-6-13/h1-8,11,16-17,24-25H,9-10,12H2,(H2,23,26). The van der Waals surface area contributed by atoms with Crippen LogP contribution in [0.25, 0.3) is 0 Å². The number of rotatable bonds is 9. The second kappa shape index (κ2) is 9.50. The SMILES string of the molecule is NC(=O)C(OCCNCC(O)c1cccc(C(F)(F)F)c1)c1ccccc1. The lowest BCUT2D eigenvalue weighted by Crippen LogP contribution is -2.29. The molecule has 4 N–H and O–H groups in total. The molecule has 0 aliphatic heterocycles. The van der Waals surface area contributed by atoms with Gasteiger partial charge in [0.05, 0.1) is 18.3 Å². The Hall–Kier alpha value is -2.42. The van der Waals surface area contributed by atoms with Crippen molar-refractivity contribution in [2.75, 3.05) is 19.7 Å². The second-order valence-electron chi connectivity index (χ2n) is 5.91. The number of nitrogens with two attached hydrogens (primary N) is 1. The zero-order chi connectivity index (χ0) is 19.9. The van der Waals surface area contributed by atoms with Gasteiger partial charge in [-0.15, -0.1) is 0 Å². The van der Waals surface area contributed by atoms with Gasteiger partial charge in [0.15, 0.2) is 6.10 Å². The summed E-state index contributed by atoms with van der Waals surface area (Å²) in [4.78, 5) is 11.5. The third-order valence-corrected chi connectivity index (χ3v) is 3.86. The topological polar surface area (TPSA) is 84.6 Å². The largest absolute Gasteiger partial charge is 0.416 e. The van der Waals surface area contributed by atoms with Gasteiger partial charge in [-0.3, -0.25) is 4.79 Å². The van der Waals surface area contributed by atoms with E-state index in [1.165, 1.54) is 12.1 Å². The van der Waals surface area contributed by atoms with Gasteiger partial charge in [0, 0.05) is 13.1 Å². The van der Waals surface area contributed by atoms with E-state index >= 15 is 0 Å². The van der Waals surface area contributed by atoms with E-state index in [1.54, 1.807) is 30.3 Å². The van der Waals surface area contributed by atoms with Crippen molar-refractivity contribution in [3.63, 3.8) is 0 Å². The molecule has 2 unspecified atom stereocenters. The van der Waals surface area contributed by atoms with Crippen molar-refractivity contribution < 1.29 is 27.8 Å². The molecule has 0 aromatic heterocycles. The van der Waals surface area contributed by atoms with Crippen molar-refractivity contribution in [1.82, 2.24) is 5.32 Å². The highest BCUT2D eigenvalue weighted by Crippen LogP contribution is 2.30. The quantitative estimate of drug-likeness (QED) is 0.582. The van der Waals surface area contributed by atoms with Crippen molar-refractivity contribution in [2.45, 2.75) is 18.4 Å². The molecule has 2 aromatic rings. The minimum absolute atomic E-state index is 0.0389. The smallest absolute Gasteiger partial charge is 0.387 e. The number of nitrogens with one attached hydrogen (secondary N) is 1. The first-order valence-electron chi connectivity index (χ1n) is 8.31. The number of primary amides is 1. The second-order valence-corrected chi connectivity index (χ2v) is 5.91. The van der Waals surface area contributed by atoms with Crippen LogP contribution < -0.4 is 11.1 Å². The Bertz CT molecular complexity index is 738. The van der Waals surface area contributed by atoms with E-state index in [4.69, 9.17) is 10.5 Å². The fourth-order valence-corrected chi connectivity index (χ4v) is 2.50. The Morgan fingerprint density at radius 3 is 2.41 bits per heavy atom. The average molecular weight is 382 g/mol. The van der Waals surface area contributed by atoms with Crippen LogP contribution in [0.3, 0.4) is 0 Å². The summed E-state index contributed by atoms with van der Waals surface area (Å²) in [6, 6.07) is 13.3. The highest BCUT2D eigenvalue weighted by Gasteiger charge is 2.30. The lowest BCUT2D eigenvalue weighted by Gasteiger charge is -2.17. The van der Waals surface area contributed by atoms with E-state index in [0.717, 1.165) is 12.1 Å². The molecule has 0 aliphatic rings. The molecule has 0 heterocycles. The molecule has 2 rings (SSSR count). The highest BCUT2D eigenvalue weighted by atomic mass is 19.4. The van der Waals surface area contributed by atoms with Gasteiger partial charge in [0.25, 0.3) is 5.91 Å². The first-order valence-corrected chi connectivity index (χ1v) is 8.31. The number of halogens is 3. The molecule has 0 fully saturated rings. The fraction of sp³-hybridized carbons (Fsp3) is 0.316. The van der Waals surface area contributed by atoms with Crippen molar-refractivity contribution in [1.29, 1.82) is 0 Å². The van der Waals surface area contributed by atoms with Gasteiger partial charge in [-0.05, 0) is 23.3 Å². The first kappa shape index (κ1) is 20.9. The van der Waals surface area contributed by atoms with Crippen molar-refractivity contribution >= 4 is 5.91 Å². The van der Waals surface area contributed by atoms with Gasteiger partial charge in [0.1, 0.15) is 0 Å². The normalized spacial score (nSPS) is 13.9. The molecule has 1 amide bonds. The highest BCUT2D eigenvalue weighted by molar-refractivity contribution is 5.80. The molecule has 0 bridgehead atoms. The van der Waals surface area contributed by atoms with Gasteiger partial charge in [-0.1, -0.05) is 42.5 Å². The van der Waals surface area contributed by atoms with Crippen LogP contribution in [-0.4, -0.2) is 30.7 Å².